The van der Waals surface area contributed by atoms with Crippen LogP contribution in [0.25, 0.3) is 0 Å². The van der Waals surface area contributed by atoms with Crippen molar-refractivity contribution in [2.75, 3.05) is 26.7 Å². The minimum atomic E-state index is 0.348. The third-order valence-corrected chi connectivity index (χ3v) is 4.26. The smallest absolute Gasteiger partial charge is 0.120 e. The van der Waals surface area contributed by atoms with Crippen LogP contribution in [0.3, 0.4) is 0 Å². The Hall–Kier alpha value is -0.840. The van der Waals surface area contributed by atoms with Crippen molar-refractivity contribution in [2.24, 2.45) is 5.92 Å². The summed E-state index contributed by atoms with van der Waals surface area (Å²) >= 11 is 0. The van der Waals surface area contributed by atoms with Crippen molar-refractivity contribution in [3.8, 4) is 0 Å². The van der Waals surface area contributed by atoms with Gasteiger partial charge < -0.3 is 14.5 Å². The standard InChI is InChI=1S/C16H28N2O2/c1-5-17-9-15-13(3)8-14(20-15)10-18-7-6-12(2)16(11-18)19-4/h8,12,16-17H,5-7,9-11H2,1-4H3. The van der Waals surface area contributed by atoms with E-state index in [4.69, 9.17) is 9.15 Å². The SMILES string of the molecule is CCNCc1oc(CN2CCC(C)C(OC)C2)cc1C. The molecule has 1 aromatic heterocycles. The Morgan fingerprint density at radius 2 is 2.30 bits per heavy atom. The second-order valence-electron chi connectivity index (χ2n) is 5.87. The second kappa shape index (κ2) is 7.25. The van der Waals surface area contributed by atoms with Crippen molar-refractivity contribution in [3.05, 3.63) is 23.2 Å². The Kier molecular flexibility index (Phi) is 5.64. The van der Waals surface area contributed by atoms with Crippen LogP contribution in [0.5, 0.6) is 0 Å². The zero-order chi connectivity index (χ0) is 14.5. The fourth-order valence-corrected chi connectivity index (χ4v) is 2.85. The fourth-order valence-electron chi connectivity index (χ4n) is 2.85. The molecule has 4 heteroatoms. The van der Waals surface area contributed by atoms with E-state index in [9.17, 15) is 0 Å². The molecule has 2 atom stereocenters. The maximum absolute atomic E-state index is 5.97. The van der Waals surface area contributed by atoms with Crippen LogP contribution in [-0.2, 0) is 17.8 Å². The van der Waals surface area contributed by atoms with Gasteiger partial charge in [-0.1, -0.05) is 13.8 Å². The predicted octanol–water partition coefficient (Wildman–Crippen LogP) is 2.55. The minimum absolute atomic E-state index is 0.348. The number of ether oxygens (including phenoxy) is 1. The van der Waals surface area contributed by atoms with Crippen LogP contribution in [0, 0.1) is 12.8 Å². The van der Waals surface area contributed by atoms with E-state index in [0.29, 0.717) is 12.0 Å². The van der Waals surface area contributed by atoms with E-state index in [1.807, 2.05) is 7.11 Å². The molecule has 1 aliphatic rings. The number of rotatable bonds is 6. The molecule has 0 saturated carbocycles. The Morgan fingerprint density at radius 1 is 1.50 bits per heavy atom. The van der Waals surface area contributed by atoms with Crippen LogP contribution in [0.1, 0.15) is 37.4 Å². The number of hydrogen-bond donors (Lipinski definition) is 1. The molecule has 2 unspecified atom stereocenters. The summed E-state index contributed by atoms with van der Waals surface area (Å²) in [5, 5.41) is 3.32. The lowest BCUT2D eigenvalue weighted by Crippen LogP contribution is -2.43. The molecular weight excluding hydrogens is 252 g/mol. The molecule has 0 aromatic carbocycles. The second-order valence-corrected chi connectivity index (χ2v) is 5.87. The summed E-state index contributed by atoms with van der Waals surface area (Å²) in [4.78, 5) is 2.43. The van der Waals surface area contributed by atoms with Gasteiger partial charge in [-0.3, -0.25) is 4.90 Å². The molecule has 4 nitrogen and oxygen atoms in total. The lowest BCUT2D eigenvalue weighted by atomic mass is 9.96. The first-order chi connectivity index (χ1) is 9.63. The molecule has 2 rings (SSSR count). The topological polar surface area (TPSA) is 37.6 Å². The molecule has 1 saturated heterocycles. The molecule has 0 bridgehead atoms. The predicted molar refractivity (Wildman–Crippen MR) is 80.7 cm³/mol. The monoisotopic (exact) mass is 280 g/mol. The Bertz CT molecular complexity index is 417. The molecule has 0 radical (unpaired) electrons. The Labute approximate surface area is 122 Å². The first-order valence-electron chi connectivity index (χ1n) is 7.68. The van der Waals surface area contributed by atoms with Gasteiger partial charge >= 0.3 is 0 Å². The molecule has 1 aromatic rings. The van der Waals surface area contributed by atoms with E-state index in [0.717, 1.165) is 44.2 Å². The molecule has 1 fully saturated rings. The number of aryl methyl sites for hydroxylation is 1. The number of nitrogens with zero attached hydrogens (tertiary/aromatic N) is 1. The zero-order valence-electron chi connectivity index (χ0n) is 13.2. The van der Waals surface area contributed by atoms with E-state index in [2.05, 4.69) is 37.1 Å². The Morgan fingerprint density at radius 3 is 3.00 bits per heavy atom. The van der Waals surface area contributed by atoms with E-state index >= 15 is 0 Å². The van der Waals surface area contributed by atoms with Crippen LogP contribution in [0.4, 0.5) is 0 Å². The van der Waals surface area contributed by atoms with Gasteiger partial charge in [0.1, 0.15) is 11.5 Å². The van der Waals surface area contributed by atoms with E-state index in [1.54, 1.807) is 0 Å². The van der Waals surface area contributed by atoms with Crippen molar-refractivity contribution in [3.63, 3.8) is 0 Å². The van der Waals surface area contributed by atoms with Crippen LogP contribution < -0.4 is 5.32 Å². The number of hydrogen-bond acceptors (Lipinski definition) is 4. The average molecular weight is 280 g/mol. The maximum atomic E-state index is 5.97. The number of piperidine rings is 1. The van der Waals surface area contributed by atoms with Crippen molar-refractivity contribution in [1.29, 1.82) is 0 Å². The van der Waals surface area contributed by atoms with Crippen LogP contribution in [0.15, 0.2) is 10.5 Å². The van der Waals surface area contributed by atoms with Crippen molar-refractivity contribution >= 4 is 0 Å². The Balaban J connectivity index is 1.93. The van der Waals surface area contributed by atoms with Gasteiger partial charge in [0.2, 0.25) is 0 Å². The van der Waals surface area contributed by atoms with Gasteiger partial charge in [-0.05, 0) is 44.0 Å². The van der Waals surface area contributed by atoms with Gasteiger partial charge in [-0.2, -0.15) is 0 Å². The molecule has 0 spiro atoms. The van der Waals surface area contributed by atoms with Gasteiger partial charge in [0.25, 0.3) is 0 Å². The zero-order valence-corrected chi connectivity index (χ0v) is 13.2. The van der Waals surface area contributed by atoms with Crippen molar-refractivity contribution in [1.82, 2.24) is 10.2 Å². The summed E-state index contributed by atoms with van der Waals surface area (Å²) in [6.07, 6.45) is 1.55. The van der Waals surface area contributed by atoms with Crippen molar-refractivity contribution < 1.29 is 9.15 Å². The van der Waals surface area contributed by atoms with Gasteiger partial charge in [0, 0.05) is 13.7 Å². The van der Waals surface area contributed by atoms with Crippen LogP contribution >= 0.6 is 0 Å². The summed E-state index contributed by atoms with van der Waals surface area (Å²) < 4.78 is 11.5. The third-order valence-electron chi connectivity index (χ3n) is 4.26. The molecule has 114 valence electrons. The third kappa shape index (κ3) is 3.84. The van der Waals surface area contributed by atoms with Crippen molar-refractivity contribution in [2.45, 2.75) is 46.4 Å². The molecule has 20 heavy (non-hydrogen) atoms. The number of nitrogens with one attached hydrogen (secondary N) is 1. The first kappa shape index (κ1) is 15.5. The molecule has 2 heterocycles. The highest BCUT2D eigenvalue weighted by Crippen LogP contribution is 2.22. The summed E-state index contributed by atoms with van der Waals surface area (Å²) in [5.74, 6) is 2.79. The number of likely N-dealkylation sites (tertiary alicyclic amines) is 1. The minimum Gasteiger partial charge on any atom is -0.463 e. The number of methoxy groups -OCH3 is 1. The molecule has 1 aliphatic heterocycles. The average Bonchev–Trinajstić information content (AvgIpc) is 2.78. The summed E-state index contributed by atoms with van der Waals surface area (Å²) in [7, 11) is 1.82. The molecular formula is C16H28N2O2. The molecule has 0 aliphatic carbocycles. The van der Waals surface area contributed by atoms with Crippen LogP contribution in [-0.4, -0.2) is 37.7 Å². The largest absolute Gasteiger partial charge is 0.463 e. The maximum Gasteiger partial charge on any atom is 0.120 e. The highest BCUT2D eigenvalue weighted by atomic mass is 16.5. The van der Waals surface area contributed by atoms with E-state index in [1.165, 1.54) is 12.0 Å². The van der Waals surface area contributed by atoms with E-state index < -0.39 is 0 Å². The lowest BCUT2D eigenvalue weighted by Gasteiger charge is -2.35. The quantitative estimate of drug-likeness (QED) is 0.869. The summed E-state index contributed by atoms with van der Waals surface area (Å²) in [6, 6.07) is 2.17. The highest BCUT2D eigenvalue weighted by molar-refractivity contribution is 5.20. The fraction of sp³-hybridized carbons (Fsp3) is 0.750. The summed E-state index contributed by atoms with van der Waals surface area (Å²) in [5.41, 5.74) is 1.25. The van der Waals surface area contributed by atoms with Gasteiger partial charge in [-0.15, -0.1) is 0 Å². The number of furan rings is 1. The van der Waals surface area contributed by atoms with Gasteiger partial charge in [-0.25, -0.2) is 0 Å². The highest BCUT2D eigenvalue weighted by Gasteiger charge is 2.26. The molecule has 0 amide bonds. The summed E-state index contributed by atoms with van der Waals surface area (Å²) in [6.45, 7) is 11.3. The normalized spacial score (nSPS) is 24.2. The van der Waals surface area contributed by atoms with E-state index in [-0.39, 0.29) is 0 Å². The van der Waals surface area contributed by atoms with Gasteiger partial charge in [0.05, 0.1) is 19.2 Å². The first-order valence-corrected chi connectivity index (χ1v) is 7.68. The van der Waals surface area contributed by atoms with Gasteiger partial charge in [0.15, 0.2) is 0 Å². The van der Waals surface area contributed by atoms with Crippen LogP contribution in [0.2, 0.25) is 0 Å². The lowest BCUT2D eigenvalue weighted by molar-refractivity contribution is -0.00925. The molecule has 1 N–H and O–H groups in total.